The standard InChI is InChI=1S/C20H16FN3O2S/c1-25-16-8-3-12(9-17(16)26-2)15-10-27-20-18(15)19(22-11-23-20)24-14-6-4-13(21)5-7-14/h3-11H,1-2H3,(H,22,23,24). The number of halogens is 1. The average molecular weight is 381 g/mol. The summed E-state index contributed by atoms with van der Waals surface area (Å²) in [4.78, 5) is 9.63. The van der Waals surface area contributed by atoms with Crippen molar-refractivity contribution in [3.63, 3.8) is 0 Å². The molecule has 2 heterocycles. The predicted octanol–water partition coefficient (Wildman–Crippen LogP) is 5.26. The molecule has 2 aromatic carbocycles. The highest BCUT2D eigenvalue weighted by Gasteiger charge is 2.15. The lowest BCUT2D eigenvalue weighted by Gasteiger charge is -2.11. The summed E-state index contributed by atoms with van der Waals surface area (Å²) in [6.07, 6.45) is 1.52. The predicted molar refractivity (Wildman–Crippen MR) is 106 cm³/mol. The number of methoxy groups -OCH3 is 2. The number of nitrogens with zero attached hydrogens (tertiary/aromatic N) is 2. The molecular formula is C20H16FN3O2S. The molecule has 2 aromatic heterocycles. The lowest BCUT2D eigenvalue weighted by atomic mass is 10.1. The van der Waals surface area contributed by atoms with Crippen LogP contribution >= 0.6 is 11.3 Å². The summed E-state index contributed by atoms with van der Waals surface area (Å²) in [6.45, 7) is 0. The van der Waals surface area contributed by atoms with Crippen LogP contribution in [0.15, 0.2) is 54.2 Å². The van der Waals surface area contributed by atoms with Gasteiger partial charge in [0, 0.05) is 16.6 Å². The first kappa shape index (κ1) is 17.2. The summed E-state index contributed by atoms with van der Waals surface area (Å²) in [7, 11) is 3.22. The van der Waals surface area contributed by atoms with Crippen molar-refractivity contribution < 1.29 is 13.9 Å². The van der Waals surface area contributed by atoms with Crippen molar-refractivity contribution in [1.82, 2.24) is 9.97 Å². The molecule has 0 saturated carbocycles. The molecule has 0 aliphatic heterocycles. The van der Waals surface area contributed by atoms with Crippen LogP contribution in [-0.4, -0.2) is 24.2 Å². The summed E-state index contributed by atoms with van der Waals surface area (Å²) in [6, 6.07) is 11.9. The molecule has 0 radical (unpaired) electrons. The molecule has 0 unspecified atom stereocenters. The van der Waals surface area contributed by atoms with E-state index < -0.39 is 0 Å². The van der Waals surface area contributed by atoms with Gasteiger partial charge in [-0.15, -0.1) is 11.3 Å². The molecule has 5 nitrogen and oxygen atoms in total. The summed E-state index contributed by atoms with van der Waals surface area (Å²) >= 11 is 1.54. The minimum atomic E-state index is -0.282. The van der Waals surface area contributed by atoms with E-state index in [1.807, 2.05) is 23.6 Å². The van der Waals surface area contributed by atoms with Crippen molar-refractivity contribution in [3.05, 3.63) is 60.0 Å². The number of benzene rings is 2. The number of hydrogen-bond donors (Lipinski definition) is 1. The van der Waals surface area contributed by atoms with Crippen molar-refractivity contribution >= 4 is 33.1 Å². The molecule has 7 heteroatoms. The second-order valence-corrected chi connectivity index (χ2v) is 6.61. The Morgan fingerprint density at radius 1 is 0.963 bits per heavy atom. The topological polar surface area (TPSA) is 56.3 Å². The molecule has 1 N–H and O–H groups in total. The van der Waals surface area contributed by atoms with Crippen molar-refractivity contribution in [2.75, 3.05) is 19.5 Å². The third-order valence-electron chi connectivity index (χ3n) is 4.17. The van der Waals surface area contributed by atoms with E-state index in [9.17, 15) is 4.39 Å². The SMILES string of the molecule is COc1ccc(-c2csc3ncnc(Nc4ccc(F)cc4)c23)cc1OC. The van der Waals surface area contributed by atoms with Gasteiger partial charge in [-0.1, -0.05) is 6.07 Å². The first-order valence-corrected chi connectivity index (χ1v) is 9.04. The van der Waals surface area contributed by atoms with E-state index in [2.05, 4.69) is 15.3 Å². The van der Waals surface area contributed by atoms with E-state index in [0.29, 0.717) is 17.3 Å². The van der Waals surface area contributed by atoms with Gasteiger partial charge in [-0.3, -0.25) is 0 Å². The molecule has 0 aliphatic carbocycles. The van der Waals surface area contributed by atoms with Gasteiger partial charge in [0.25, 0.3) is 0 Å². The second-order valence-electron chi connectivity index (χ2n) is 5.75. The van der Waals surface area contributed by atoms with Crippen LogP contribution in [0, 0.1) is 5.82 Å². The van der Waals surface area contributed by atoms with Crippen LogP contribution in [0.25, 0.3) is 21.3 Å². The number of thiophene rings is 1. The number of fused-ring (bicyclic) bond motifs is 1. The van der Waals surface area contributed by atoms with Gasteiger partial charge in [0.15, 0.2) is 11.5 Å². The monoisotopic (exact) mass is 381 g/mol. The van der Waals surface area contributed by atoms with Crippen LogP contribution in [-0.2, 0) is 0 Å². The Kier molecular flexibility index (Phi) is 4.60. The summed E-state index contributed by atoms with van der Waals surface area (Å²) in [5, 5.41) is 6.19. The van der Waals surface area contributed by atoms with Gasteiger partial charge in [0.2, 0.25) is 0 Å². The second kappa shape index (κ2) is 7.20. The first-order chi connectivity index (χ1) is 13.2. The molecule has 4 rings (SSSR count). The van der Waals surface area contributed by atoms with Gasteiger partial charge in [0.1, 0.15) is 22.8 Å². The lowest BCUT2D eigenvalue weighted by Crippen LogP contribution is -1.96. The Labute approximate surface area is 159 Å². The summed E-state index contributed by atoms with van der Waals surface area (Å²) < 4.78 is 23.9. The van der Waals surface area contributed by atoms with Gasteiger partial charge in [-0.2, -0.15) is 0 Å². The van der Waals surface area contributed by atoms with Crippen LogP contribution in [0.4, 0.5) is 15.9 Å². The fraction of sp³-hybridized carbons (Fsp3) is 0.100. The van der Waals surface area contributed by atoms with Crippen molar-refractivity contribution in [1.29, 1.82) is 0 Å². The molecule has 0 saturated heterocycles. The quantitative estimate of drug-likeness (QED) is 0.511. The maximum absolute atomic E-state index is 13.2. The van der Waals surface area contributed by atoms with Crippen LogP contribution in [0.2, 0.25) is 0 Å². The Balaban J connectivity index is 1.82. The third-order valence-corrected chi connectivity index (χ3v) is 5.06. The minimum absolute atomic E-state index is 0.282. The summed E-state index contributed by atoms with van der Waals surface area (Å²) in [5.41, 5.74) is 2.71. The maximum Gasteiger partial charge on any atom is 0.161 e. The highest BCUT2D eigenvalue weighted by molar-refractivity contribution is 7.17. The van der Waals surface area contributed by atoms with Crippen molar-refractivity contribution in [2.24, 2.45) is 0 Å². The Morgan fingerprint density at radius 2 is 1.74 bits per heavy atom. The molecule has 0 amide bonds. The van der Waals surface area contributed by atoms with Crippen LogP contribution in [0.1, 0.15) is 0 Å². The molecule has 0 spiro atoms. The minimum Gasteiger partial charge on any atom is -0.493 e. The summed E-state index contributed by atoms with van der Waals surface area (Å²) in [5.74, 6) is 1.70. The molecule has 136 valence electrons. The van der Waals surface area contributed by atoms with E-state index in [0.717, 1.165) is 27.0 Å². The normalized spacial score (nSPS) is 10.8. The van der Waals surface area contributed by atoms with Gasteiger partial charge in [-0.25, -0.2) is 14.4 Å². The number of nitrogens with one attached hydrogen (secondary N) is 1. The van der Waals surface area contributed by atoms with Crippen molar-refractivity contribution in [2.45, 2.75) is 0 Å². The average Bonchev–Trinajstić information content (AvgIpc) is 3.14. The molecule has 0 bridgehead atoms. The molecule has 4 aromatic rings. The van der Waals surface area contributed by atoms with Gasteiger partial charge >= 0.3 is 0 Å². The van der Waals surface area contributed by atoms with E-state index in [1.54, 1.807) is 26.4 Å². The number of hydrogen-bond acceptors (Lipinski definition) is 6. The Hall–Kier alpha value is -3.19. The third kappa shape index (κ3) is 3.29. The molecular weight excluding hydrogens is 365 g/mol. The van der Waals surface area contributed by atoms with Crippen LogP contribution in [0.5, 0.6) is 11.5 Å². The largest absolute Gasteiger partial charge is 0.493 e. The Bertz CT molecular complexity index is 1100. The van der Waals surface area contributed by atoms with Gasteiger partial charge in [0.05, 0.1) is 19.6 Å². The van der Waals surface area contributed by atoms with Crippen molar-refractivity contribution in [3.8, 4) is 22.6 Å². The smallest absolute Gasteiger partial charge is 0.161 e. The molecule has 0 fully saturated rings. The van der Waals surface area contributed by atoms with Crippen LogP contribution in [0.3, 0.4) is 0 Å². The van der Waals surface area contributed by atoms with Crippen LogP contribution < -0.4 is 14.8 Å². The Morgan fingerprint density at radius 3 is 2.48 bits per heavy atom. The van der Waals surface area contributed by atoms with E-state index in [-0.39, 0.29) is 5.82 Å². The number of rotatable bonds is 5. The zero-order valence-electron chi connectivity index (χ0n) is 14.7. The highest BCUT2D eigenvalue weighted by Crippen LogP contribution is 2.40. The first-order valence-electron chi connectivity index (χ1n) is 8.17. The number of aromatic nitrogens is 2. The van der Waals surface area contributed by atoms with E-state index in [1.165, 1.54) is 29.8 Å². The zero-order chi connectivity index (χ0) is 18.8. The molecule has 0 atom stereocenters. The molecule has 0 aliphatic rings. The van der Waals surface area contributed by atoms with Gasteiger partial charge in [-0.05, 0) is 42.0 Å². The number of anilines is 2. The fourth-order valence-electron chi connectivity index (χ4n) is 2.86. The highest BCUT2D eigenvalue weighted by atomic mass is 32.1. The van der Waals surface area contributed by atoms with E-state index >= 15 is 0 Å². The van der Waals surface area contributed by atoms with Gasteiger partial charge < -0.3 is 14.8 Å². The molecule has 27 heavy (non-hydrogen) atoms. The number of ether oxygens (including phenoxy) is 2. The fourth-order valence-corrected chi connectivity index (χ4v) is 3.77. The maximum atomic E-state index is 13.2. The lowest BCUT2D eigenvalue weighted by molar-refractivity contribution is 0.355. The zero-order valence-corrected chi connectivity index (χ0v) is 15.5. The van der Waals surface area contributed by atoms with E-state index in [4.69, 9.17) is 9.47 Å².